The van der Waals surface area contributed by atoms with Crippen LogP contribution < -0.4 is 4.72 Å². The number of aliphatic carboxylic acids is 1. The van der Waals surface area contributed by atoms with Crippen molar-refractivity contribution in [3.63, 3.8) is 0 Å². The molecule has 0 aliphatic carbocycles. The summed E-state index contributed by atoms with van der Waals surface area (Å²) >= 11 is 0. The number of rotatable bonds is 5. The molecule has 0 aromatic heterocycles. The maximum absolute atomic E-state index is 11.4. The third-order valence-corrected chi connectivity index (χ3v) is 3.57. The number of nitrogens with one attached hydrogen (secondary N) is 1. The average molecular weight is 287 g/mol. The lowest BCUT2D eigenvalue weighted by Gasteiger charge is -2.10. The number of hydrogen-bond acceptors (Lipinski definition) is 5. The van der Waals surface area contributed by atoms with Gasteiger partial charge in [0.1, 0.15) is 0 Å². The number of anilines is 1. The standard InChI is InChI=1S/C11H13NO6S/c13-10(14)7-19(15,16)12-9-3-1-8(2-4-9)11-17-5-6-18-11/h1-4,11-12H,5-7H2,(H,13,14). The first kappa shape index (κ1) is 13.8. The van der Waals surface area contributed by atoms with Gasteiger partial charge in [-0.1, -0.05) is 12.1 Å². The Kier molecular flexibility index (Phi) is 4.03. The second kappa shape index (κ2) is 5.55. The maximum atomic E-state index is 11.4. The van der Waals surface area contributed by atoms with Gasteiger partial charge in [0.25, 0.3) is 0 Å². The third-order valence-electron chi connectivity index (χ3n) is 2.39. The number of hydrogen-bond donors (Lipinski definition) is 2. The van der Waals surface area contributed by atoms with E-state index in [4.69, 9.17) is 14.6 Å². The quantitative estimate of drug-likeness (QED) is 0.820. The van der Waals surface area contributed by atoms with Crippen LogP contribution in [0.4, 0.5) is 5.69 Å². The summed E-state index contributed by atoms with van der Waals surface area (Å²) in [5, 5.41) is 8.46. The van der Waals surface area contributed by atoms with Crippen LogP contribution in [0.25, 0.3) is 0 Å². The molecule has 0 radical (unpaired) electrons. The largest absolute Gasteiger partial charge is 0.480 e. The van der Waals surface area contributed by atoms with Crippen molar-refractivity contribution in [3.05, 3.63) is 29.8 Å². The highest BCUT2D eigenvalue weighted by Crippen LogP contribution is 2.24. The van der Waals surface area contributed by atoms with Gasteiger partial charge in [-0.05, 0) is 12.1 Å². The first-order valence-corrected chi connectivity index (χ1v) is 7.17. The van der Waals surface area contributed by atoms with E-state index in [2.05, 4.69) is 4.72 Å². The van der Waals surface area contributed by atoms with Gasteiger partial charge in [-0.15, -0.1) is 0 Å². The van der Waals surface area contributed by atoms with Gasteiger partial charge in [-0.2, -0.15) is 0 Å². The van der Waals surface area contributed by atoms with Gasteiger partial charge in [0.05, 0.1) is 13.2 Å². The Morgan fingerprint density at radius 1 is 1.26 bits per heavy atom. The van der Waals surface area contributed by atoms with E-state index >= 15 is 0 Å². The molecule has 8 heteroatoms. The van der Waals surface area contributed by atoms with Crippen LogP contribution in [-0.4, -0.2) is 38.5 Å². The Morgan fingerprint density at radius 3 is 2.37 bits per heavy atom. The highest BCUT2D eigenvalue weighted by atomic mass is 32.2. The van der Waals surface area contributed by atoms with Crippen molar-refractivity contribution >= 4 is 21.7 Å². The molecule has 0 unspecified atom stereocenters. The molecule has 1 heterocycles. The zero-order valence-electron chi connectivity index (χ0n) is 9.90. The molecule has 0 bridgehead atoms. The minimum atomic E-state index is -3.88. The summed E-state index contributed by atoms with van der Waals surface area (Å²) in [5.41, 5.74) is 1.07. The fraction of sp³-hybridized carbons (Fsp3) is 0.364. The summed E-state index contributed by atoms with van der Waals surface area (Å²) in [6.07, 6.45) is -0.426. The van der Waals surface area contributed by atoms with Gasteiger partial charge >= 0.3 is 5.97 Å². The minimum Gasteiger partial charge on any atom is -0.480 e. The predicted molar refractivity (Wildman–Crippen MR) is 66.1 cm³/mol. The highest BCUT2D eigenvalue weighted by Gasteiger charge is 2.19. The maximum Gasteiger partial charge on any atom is 0.320 e. The second-order valence-corrected chi connectivity index (χ2v) is 5.67. The second-order valence-electron chi connectivity index (χ2n) is 3.95. The van der Waals surface area contributed by atoms with Crippen molar-refractivity contribution in [2.24, 2.45) is 0 Å². The molecule has 19 heavy (non-hydrogen) atoms. The molecule has 1 aromatic rings. The lowest BCUT2D eigenvalue weighted by molar-refractivity contribution is -0.134. The van der Waals surface area contributed by atoms with Crippen LogP contribution in [0.15, 0.2) is 24.3 Å². The molecule has 1 aromatic carbocycles. The van der Waals surface area contributed by atoms with Gasteiger partial charge in [-0.25, -0.2) is 8.42 Å². The van der Waals surface area contributed by atoms with Crippen LogP contribution in [-0.2, 0) is 24.3 Å². The van der Waals surface area contributed by atoms with Gasteiger partial charge in [0, 0.05) is 11.3 Å². The predicted octanol–water partition coefficient (Wildman–Crippen LogP) is 0.558. The number of carboxylic acid groups (broad SMARTS) is 1. The van der Waals surface area contributed by atoms with Crippen LogP contribution in [0.3, 0.4) is 0 Å². The average Bonchev–Trinajstić information content (AvgIpc) is 2.81. The van der Waals surface area contributed by atoms with Crippen LogP contribution in [0.5, 0.6) is 0 Å². The van der Waals surface area contributed by atoms with E-state index in [1.54, 1.807) is 12.1 Å². The number of ether oxygens (including phenoxy) is 2. The molecule has 0 amide bonds. The van der Waals surface area contributed by atoms with E-state index in [9.17, 15) is 13.2 Å². The minimum absolute atomic E-state index is 0.294. The number of carboxylic acids is 1. The molecule has 0 atom stereocenters. The summed E-state index contributed by atoms with van der Waals surface area (Å²) < 4.78 is 35.6. The number of carbonyl (C=O) groups is 1. The molecular weight excluding hydrogens is 274 g/mol. The smallest absolute Gasteiger partial charge is 0.320 e. The molecular formula is C11H13NO6S. The summed E-state index contributed by atoms with van der Waals surface area (Å²) in [6, 6.07) is 6.38. The zero-order chi connectivity index (χ0) is 13.9. The van der Waals surface area contributed by atoms with E-state index < -0.39 is 28.0 Å². The van der Waals surface area contributed by atoms with Crippen molar-refractivity contribution in [3.8, 4) is 0 Å². The van der Waals surface area contributed by atoms with Gasteiger partial charge in [0.2, 0.25) is 10.0 Å². The first-order chi connectivity index (χ1) is 8.96. The lowest BCUT2D eigenvalue weighted by atomic mass is 10.2. The molecule has 1 saturated heterocycles. The van der Waals surface area contributed by atoms with E-state index in [1.165, 1.54) is 12.1 Å². The molecule has 1 aliphatic rings. The Morgan fingerprint density at radius 2 is 1.84 bits per heavy atom. The van der Waals surface area contributed by atoms with Gasteiger partial charge in [-0.3, -0.25) is 9.52 Å². The monoisotopic (exact) mass is 287 g/mol. The summed E-state index contributed by atoms with van der Waals surface area (Å²) in [6.45, 7) is 1.05. The summed E-state index contributed by atoms with van der Waals surface area (Å²) in [7, 11) is -3.88. The fourth-order valence-electron chi connectivity index (χ4n) is 1.64. The van der Waals surface area contributed by atoms with Crippen LogP contribution in [0.2, 0.25) is 0 Å². The molecule has 7 nitrogen and oxygen atoms in total. The van der Waals surface area contributed by atoms with E-state index in [0.29, 0.717) is 18.9 Å². The van der Waals surface area contributed by atoms with Crippen LogP contribution >= 0.6 is 0 Å². The topological polar surface area (TPSA) is 102 Å². The molecule has 104 valence electrons. The molecule has 2 rings (SSSR count). The Labute approximate surface area is 110 Å². The SMILES string of the molecule is O=C(O)CS(=O)(=O)Nc1ccc(C2OCCO2)cc1. The molecule has 2 N–H and O–H groups in total. The zero-order valence-corrected chi connectivity index (χ0v) is 10.7. The third kappa shape index (κ3) is 3.91. The Balaban J connectivity index is 2.04. The van der Waals surface area contributed by atoms with Crippen molar-refractivity contribution in [1.29, 1.82) is 0 Å². The normalized spacial score (nSPS) is 16.4. The van der Waals surface area contributed by atoms with E-state index in [-0.39, 0.29) is 0 Å². The first-order valence-electron chi connectivity index (χ1n) is 5.52. The van der Waals surface area contributed by atoms with Crippen molar-refractivity contribution in [2.75, 3.05) is 23.7 Å². The van der Waals surface area contributed by atoms with Crippen LogP contribution in [0.1, 0.15) is 11.9 Å². The van der Waals surface area contributed by atoms with Crippen molar-refractivity contribution in [1.82, 2.24) is 0 Å². The van der Waals surface area contributed by atoms with E-state index in [1.807, 2.05) is 0 Å². The number of sulfonamides is 1. The van der Waals surface area contributed by atoms with Crippen molar-refractivity contribution < 1.29 is 27.8 Å². The molecule has 0 saturated carbocycles. The molecule has 0 spiro atoms. The molecule has 1 aliphatic heterocycles. The van der Waals surface area contributed by atoms with Gasteiger partial charge < -0.3 is 14.6 Å². The molecule has 1 fully saturated rings. The van der Waals surface area contributed by atoms with Crippen molar-refractivity contribution in [2.45, 2.75) is 6.29 Å². The fourth-order valence-corrected chi connectivity index (χ4v) is 2.53. The summed E-state index contributed by atoms with van der Waals surface area (Å²) in [5.74, 6) is -2.37. The Bertz CT molecular complexity index is 547. The lowest BCUT2D eigenvalue weighted by Crippen LogP contribution is -2.22. The van der Waals surface area contributed by atoms with Crippen LogP contribution in [0, 0.1) is 0 Å². The highest BCUT2D eigenvalue weighted by molar-refractivity contribution is 7.93. The Hall–Kier alpha value is -1.64. The van der Waals surface area contributed by atoms with E-state index in [0.717, 1.165) is 5.56 Å². The van der Waals surface area contributed by atoms with Gasteiger partial charge in [0.15, 0.2) is 12.0 Å². The summed E-state index contributed by atoms with van der Waals surface area (Å²) in [4.78, 5) is 10.4. The number of benzene rings is 1.